The second-order valence-electron chi connectivity index (χ2n) is 5.08. The second kappa shape index (κ2) is 8.12. The van der Waals surface area contributed by atoms with Crippen molar-refractivity contribution in [3.63, 3.8) is 0 Å². The topological polar surface area (TPSA) is 15.3 Å². The second-order valence-corrected chi connectivity index (χ2v) is 5.08. The number of hydrogen-bond acceptors (Lipinski definition) is 2. The van der Waals surface area contributed by atoms with Gasteiger partial charge in [-0.15, -0.1) is 0 Å². The summed E-state index contributed by atoms with van der Waals surface area (Å²) in [6.45, 7) is 3.82. The van der Waals surface area contributed by atoms with Crippen molar-refractivity contribution in [2.45, 2.75) is 44.9 Å². The zero-order chi connectivity index (χ0) is 10.9. The Morgan fingerprint density at radius 2 is 1.87 bits per heavy atom. The van der Waals surface area contributed by atoms with Gasteiger partial charge < -0.3 is 10.2 Å². The SMILES string of the molecule is CNCCCCCCN(C)CC1CCC1. The lowest BCUT2D eigenvalue weighted by atomic mass is 9.85. The smallest absolute Gasteiger partial charge is 0.000661 e. The first-order valence-electron chi connectivity index (χ1n) is 6.66. The number of nitrogens with zero attached hydrogens (tertiary/aromatic N) is 1. The van der Waals surface area contributed by atoms with E-state index in [1.165, 1.54) is 64.6 Å². The lowest BCUT2D eigenvalue weighted by Crippen LogP contribution is -2.30. The highest BCUT2D eigenvalue weighted by Crippen LogP contribution is 2.26. The summed E-state index contributed by atoms with van der Waals surface area (Å²) >= 11 is 0. The molecule has 0 aromatic rings. The molecule has 0 aromatic heterocycles. The fourth-order valence-electron chi connectivity index (χ4n) is 2.24. The molecule has 2 heteroatoms. The average molecular weight is 212 g/mol. The Balaban J connectivity index is 1.81. The zero-order valence-electron chi connectivity index (χ0n) is 10.6. The summed E-state index contributed by atoms with van der Waals surface area (Å²) in [4.78, 5) is 2.53. The zero-order valence-corrected chi connectivity index (χ0v) is 10.6. The molecule has 1 fully saturated rings. The minimum absolute atomic E-state index is 1.03. The van der Waals surface area contributed by atoms with Crippen LogP contribution in [0.1, 0.15) is 44.9 Å². The van der Waals surface area contributed by atoms with Crippen LogP contribution in [0.5, 0.6) is 0 Å². The van der Waals surface area contributed by atoms with Crippen LogP contribution in [0.25, 0.3) is 0 Å². The molecule has 90 valence electrons. The van der Waals surface area contributed by atoms with Gasteiger partial charge >= 0.3 is 0 Å². The van der Waals surface area contributed by atoms with Gasteiger partial charge in [-0.05, 0) is 58.8 Å². The average Bonchev–Trinajstić information content (AvgIpc) is 2.17. The fourth-order valence-corrected chi connectivity index (χ4v) is 2.24. The molecule has 1 rings (SSSR count). The van der Waals surface area contributed by atoms with Crippen molar-refractivity contribution in [3.8, 4) is 0 Å². The van der Waals surface area contributed by atoms with Gasteiger partial charge in [0.15, 0.2) is 0 Å². The van der Waals surface area contributed by atoms with Crippen molar-refractivity contribution in [2.75, 3.05) is 33.7 Å². The van der Waals surface area contributed by atoms with Gasteiger partial charge in [0.2, 0.25) is 0 Å². The third-order valence-electron chi connectivity index (χ3n) is 3.51. The summed E-state index contributed by atoms with van der Waals surface area (Å²) in [5.41, 5.74) is 0. The molecule has 0 unspecified atom stereocenters. The number of unbranched alkanes of at least 4 members (excludes halogenated alkanes) is 3. The Hall–Kier alpha value is -0.0800. The van der Waals surface area contributed by atoms with Crippen molar-refractivity contribution in [1.29, 1.82) is 0 Å². The molecule has 15 heavy (non-hydrogen) atoms. The minimum Gasteiger partial charge on any atom is -0.320 e. The molecule has 1 N–H and O–H groups in total. The largest absolute Gasteiger partial charge is 0.320 e. The van der Waals surface area contributed by atoms with Crippen molar-refractivity contribution < 1.29 is 0 Å². The van der Waals surface area contributed by atoms with Crippen molar-refractivity contribution in [2.24, 2.45) is 5.92 Å². The van der Waals surface area contributed by atoms with Crippen LogP contribution in [0, 0.1) is 5.92 Å². The van der Waals surface area contributed by atoms with Crippen LogP contribution in [0.3, 0.4) is 0 Å². The van der Waals surface area contributed by atoms with Crippen LogP contribution in [0.4, 0.5) is 0 Å². The summed E-state index contributed by atoms with van der Waals surface area (Å²) in [5, 5.41) is 3.20. The van der Waals surface area contributed by atoms with Crippen LogP contribution in [0.2, 0.25) is 0 Å². The first-order valence-corrected chi connectivity index (χ1v) is 6.66. The number of nitrogens with one attached hydrogen (secondary N) is 1. The van der Waals surface area contributed by atoms with E-state index in [2.05, 4.69) is 17.3 Å². The molecule has 1 aliphatic rings. The molecule has 0 spiro atoms. The molecule has 0 atom stereocenters. The van der Waals surface area contributed by atoms with Crippen LogP contribution >= 0.6 is 0 Å². The molecule has 0 aliphatic heterocycles. The first-order chi connectivity index (χ1) is 7.33. The predicted octanol–water partition coefficient (Wildman–Crippen LogP) is 2.50. The third-order valence-corrected chi connectivity index (χ3v) is 3.51. The summed E-state index contributed by atoms with van der Waals surface area (Å²) in [5.74, 6) is 1.03. The van der Waals surface area contributed by atoms with E-state index in [-0.39, 0.29) is 0 Å². The van der Waals surface area contributed by atoms with Gasteiger partial charge in [0.05, 0.1) is 0 Å². The quantitative estimate of drug-likeness (QED) is 0.591. The van der Waals surface area contributed by atoms with E-state index < -0.39 is 0 Å². The van der Waals surface area contributed by atoms with Crippen molar-refractivity contribution in [3.05, 3.63) is 0 Å². The molecule has 1 aliphatic carbocycles. The lowest BCUT2D eigenvalue weighted by molar-refractivity contribution is 0.203. The van der Waals surface area contributed by atoms with E-state index in [1.54, 1.807) is 0 Å². The normalized spacial score (nSPS) is 17.0. The van der Waals surface area contributed by atoms with E-state index in [4.69, 9.17) is 0 Å². The summed E-state index contributed by atoms with van der Waals surface area (Å²) in [7, 11) is 4.32. The van der Waals surface area contributed by atoms with E-state index in [0.29, 0.717) is 0 Å². The van der Waals surface area contributed by atoms with Crippen LogP contribution in [0.15, 0.2) is 0 Å². The van der Waals surface area contributed by atoms with E-state index in [1.807, 2.05) is 7.05 Å². The van der Waals surface area contributed by atoms with Crippen LogP contribution < -0.4 is 5.32 Å². The highest BCUT2D eigenvalue weighted by molar-refractivity contribution is 4.72. The standard InChI is InChI=1S/C13H28N2/c1-14-10-5-3-4-6-11-15(2)12-13-8-7-9-13/h13-14H,3-12H2,1-2H3. The molecule has 0 bridgehead atoms. The Morgan fingerprint density at radius 1 is 1.13 bits per heavy atom. The first kappa shape index (κ1) is 13.0. The van der Waals surface area contributed by atoms with E-state index in [0.717, 1.165) is 5.92 Å². The third kappa shape index (κ3) is 6.16. The maximum Gasteiger partial charge on any atom is 0.000661 e. The molecule has 0 aromatic carbocycles. The molecule has 0 radical (unpaired) electrons. The minimum atomic E-state index is 1.03. The highest BCUT2D eigenvalue weighted by Gasteiger charge is 2.18. The maximum absolute atomic E-state index is 3.20. The van der Waals surface area contributed by atoms with Gasteiger partial charge in [-0.3, -0.25) is 0 Å². The molecular weight excluding hydrogens is 184 g/mol. The lowest BCUT2D eigenvalue weighted by Gasteiger charge is -2.30. The summed E-state index contributed by atoms with van der Waals surface area (Å²) in [6.07, 6.45) is 9.94. The van der Waals surface area contributed by atoms with Crippen molar-refractivity contribution in [1.82, 2.24) is 10.2 Å². The summed E-state index contributed by atoms with van der Waals surface area (Å²) < 4.78 is 0. The predicted molar refractivity (Wildman–Crippen MR) is 67.2 cm³/mol. The molecule has 0 heterocycles. The van der Waals surface area contributed by atoms with Gasteiger partial charge in [0, 0.05) is 6.54 Å². The number of rotatable bonds is 9. The summed E-state index contributed by atoms with van der Waals surface area (Å²) in [6, 6.07) is 0. The Kier molecular flexibility index (Phi) is 7.03. The van der Waals surface area contributed by atoms with Crippen LogP contribution in [-0.2, 0) is 0 Å². The van der Waals surface area contributed by atoms with Gasteiger partial charge in [0.1, 0.15) is 0 Å². The molecule has 0 saturated heterocycles. The van der Waals surface area contributed by atoms with Crippen LogP contribution in [-0.4, -0.2) is 38.6 Å². The fraction of sp³-hybridized carbons (Fsp3) is 1.00. The van der Waals surface area contributed by atoms with E-state index >= 15 is 0 Å². The monoisotopic (exact) mass is 212 g/mol. The van der Waals surface area contributed by atoms with E-state index in [9.17, 15) is 0 Å². The van der Waals surface area contributed by atoms with Gasteiger partial charge in [-0.2, -0.15) is 0 Å². The molecule has 1 saturated carbocycles. The van der Waals surface area contributed by atoms with Crippen molar-refractivity contribution >= 4 is 0 Å². The number of hydrogen-bond donors (Lipinski definition) is 1. The maximum atomic E-state index is 3.20. The Bertz CT molecular complexity index is 143. The Labute approximate surface area is 95.4 Å². The molecular formula is C13H28N2. The highest BCUT2D eigenvalue weighted by atomic mass is 15.1. The Morgan fingerprint density at radius 3 is 2.47 bits per heavy atom. The molecule has 2 nitrogen and oxygen atoms in total. The van der Waals surface area contributed by atoms with Gasteiger partial charge in [-0.1, -0.05) is 19.3 Å². The molecule has 0 amide bonds. The van der Waals surface area contributed by atoms with Gasteiger partial charge in [0.25, 0.3) is 0 Å². The van der Waals surface area contributed by atoms with Gasteiger partial charge in [-0.25, -0.2) is 0 Å².